The Morgan fingerprint density at radius 3 is 2.51 bits per heavy atom. The number of likely N-dealkylation sites (tertiary alicyclic amines) is 1. The van der Waals surface area contributed by atoms with Gasteiger partial charge in [-0.2, -0.15) is 5.26 Å². The van der Waals surface area contributed by atoms with Gasteiger partial charge < -0.3 is 25.6 Å². The number of anilines is 1. The normalized spacial score (nSPS) is 28.0. The Morgan fingerprint density at radius 1 is 1.18 bits per heavy atom. The monoisotopic (exact) mass is 535 g/mol. The molecule has 3 N–H and O–H groups in total. The average Bonchev–Trinajstić information content (AvgIpc) is 3.75. The van der Waals surface area contributed by atoms with Crippen molar-refractivity contribution in [1.82, 2.24) is 15.5 Å². The number of ether oxygens (including phenoxy) is 1. The van der Waals surface area contributed by atoms with Crippen LogP contribution in [0.1, 0.15) is 53.9 Å². The van der Waals surface area contributed by atoms with Crippen LogP contribution in [-0.4, -0.2) is 59.3 Å². The lowest BCUT2D eigenvalue weighted by molar-refractivity contribution is -0.145. The van der Waals surface area contributed by atoms with E-state index in [0.29, 0.717) is 18.0 Å². The molecule has 5 rings (SSSR count). The first-order valence-electron chi connectivity index (χ1n) is 13.7. The van der Waals surface area contributed by atoms with E-state index in [0.717, 1.165) is 12.8 Å². The molecule has 6 atom stereocenters. The highest BCUT2D eigenvalue weighted by Gasteiger charge is 2.69. The van der Waals surface area contributed by atoms with Crippen LogP contribution in [0.3, 0.4) is 0 Å². The summed E-state index contributed by atoms with van der Waals surface area (Å²) in [6, 6.07) is 6.57. The van der Waals surface area contributed by atoms with E-state index < -0.39 is 35.6 Å². The molecule has 0 radical (unpaired) electrons. The summed E-state index contributed by atoms with van der Waals surface area (Å²) in [5, 5.41) is 18.4. The standard InChI is InChI=1S/C29H37N5O5/c1-28(2,3)23(33-24(35)15-10-11-15)27(38)34-14-17-21(29(17,4)5)22(34)26(37)31-16(13-30)12-20-25(36)32-18-8-6-7-9-19(18)39-20/h6-9,15-17,20-23H,10-12,14H2,1-5H3,(H,31,37)(H,32,36)(H,33,35)/t16-,17-,20-,21-,22-,23+/m0/s1. The Morgan fingerprint density at radius 2 is 1.87 bits per heavy atom. The van der Waals surface area contributed by atoms with Crippen LogP contribution in [0.4, 0.5) is 5.69 Å². The summed E-state index contributed by atoms with van der Waals surface area (Å²) in [5.41, 5.74) is -0.117. The van der Waals surface area contributed by atoms with Crippen LogP contribution in [-0.2, 0) is 19.2 Å². The lowest BCUT2D eigenvalue weighted by atomic mass is 9.85. The predicted molar refractivity (Wildman–Crippen MR) is 142 cm³/mol. The molecule has 0 aromatic heterocycles. The van der Waals surface area contributed by atoms with Crippen molar-refractivity contribution < 1.29 is 23.9 Å². The van der Waals surface area contributed by atoms with Crippen molar-refractivity contribution in [2.24, 2.45) is 28.6 Å². The van der Waals surface area contributed by atoms with E-state index in [2.05, 4.69) is 35.9 Å². The fourth-order valence-electron chi connectivity index (χ4n) is 6.10. The van der Waals surface area contributed by atoms with Gasteiger partial charge in [0.15, 0.2) is 6.10 Å². The van der Waals surface area contributed by atoms with E-state index in [1.54, 1.807) is 29.2 Å². The quantitative estimate of drug-likeness (QED) is 0.489. The number of piperidine rings is 1. The van der Waals surface area contributed by atoms with Crippen molar-refractivity contribution in [2.75, 3.05) is 11.9 Å². The van der Waals surface area contributed by atoms with Crippen LogP contribution < -0.4 is 20.7 Å². The number of nitrogens with one attached hydrogen (secondary N) is 3. The van der Waals surface area contributed by atoms with Crippen LogP contribution in [0.15, 0.2) is 24.3 Å². The lowest BCUT2D eigenvalue weighted by Crippen LogP contribution is -2.60. The molecule has 1 saturated heterocycles. The number of para-hydroxylation sites is 2. The second-order valence-electron chi connectivity index (χ2n) is 13.0. The van der Waals surface area contributed by atoms with Crippen LogP contribution in [0.5, 0.6) is 5.75 Å². The van der Waals surface area contributed by atoms with Gasteiger partial charge in [0.1, 0.15) is 23.9 Å². The van der Waals surface area contributed by atoms with Gasteiger partial charge in [-0.3, -0.25) is 19.2 Å². The van der Waals surface area contributed by atoms with Crippen molar-refractivity contribution in [3.8, 4) is 11.8 Å². The highest BCUT2D eigenvalue weighted by Crippen LogP contribution is 2.65. The molecule has 4 aliphatic rings. The fraction of sp³-hybridized carbons (Fsp3) is 0.621. The van der Waals surface area contributed by atoms with E-state index >= 15 is 0 Å². The minimum Gasteiger partial charge on any atom is -0.478 e. The van der Waals surface area contributed by atoms with E-state index in [-0.39, 0.29) is 47.3 Å². The Labute approximate surface area is 228 Å². The molecule has 3 fully saturated rings. The number of hydrogen-bond acceptors (Lipinski definition) is 6. The van der Waals surface area contributed by atoms with Gasteiger partial charge in [0, 0.05) is 18.9 Å². The van der Waals surface area contributed by atoms with Crippen molar-refractivity contribution >= 4 is 29.3 Å². The number of hydrogen-bond donors (Lipinski definition) is 3. The van der Waals surface area contributed by atoms with Gasteiger partial charge >= 0.3 is 0 Å². The molecule has 2 heterocycles. The van der Waals surface area contributed by atoms with Crippen LogP contribution >= 0.6 is 0 Å². The molecule has 4 amide bonds. The summed E-state index contributed by atoms with van der Waals surface area (Å²) >= 11 is 0. The van der Waals surface area contributed by atoms with E-state index in [1.807, 2.05) is 20.8 Å². The number of benzene rings is 1. The molecule has 2 aliphatic carbocycles. The number of fused-ring (bicyclic) bond motifs is 2. The zero-order valence-corrected chi connectivity index (χ0v) is 23.1. The third-order valence-corrected chi connectivity index (χ3v) is 8.74. The van der Waals surface area contributed by atoms with Gasteiger partial charge in [-0.25, -0.2) is 0 Å². The Balaban J connectivity index is 1.31. The molecule has 1 aromatic rings. The number of amides is 4. The average molecular weight is 536 g/mol. The number of carbonyl (C=O) groups excluding carboxylic acids is 4. The Bertz CT molecular complexity index is 1240. The third kappa shape index (κ3) is 5.07. The minimum atomic E-state index is -0.996. The summed E-state index contributed by atoms with van der Waals surface area (Å²) in [6.07, 6.45) is 0.670. The summed E-state index contributed by atoms with van der Waals surface area (Å²) in [6.45, 7) is 10.3. The van der Waals surface area contributed by atoms with E-state index in [4.69, 9.17) is 4.74 Å². The van der Waals surface area contributed by atoms with E-state index in [1.165, 1.54) is 0 Å². The molecule has 10 nitrogen and oxygen atoms in total. The smallest absolute Gasteiger partial charge is 0.265 e. The molecule has 2 aliphatic heterocycles. The van der Waals surface area contributed by atoms with Crippen LogP contribution in [0, 0.1) is 39.9 Å². The molecular weight excluding hydrogens is 498 g/mol. The van der Waals surface area contributed by atoms with Crippen LogP contribution in [0.2, 0.25) is 0 Å². The maximum Gasteiger partial charge on any atom is 0.265 e. The zero-order valence-electron chi connectivity index (χ0n) is 23.1. The van der Waals surface area contributed by atoms with Gasteiger partial charge in [-0.1, -0.05) is 46.8 Å². The fourth-order valence-corrected chi connectivity index (χ4v) is 6.10. The molecule has 2 saturated carbocycles. The zero-order chi connectivity index (χ0) is 28.3. The molecule has 0 unspecified atom stereocenters. The second kappa shape index (κ2) is 9.54. The summed E-state index contributed by atoms with van der Waals surface area (Å²) in [7, 11) is 0. The second-order valence-corrected chi connectivity index (χ2v) is 13.0. The maximum atomic E-state index is 13.9. The molecule has 1 aromatic carbocycles. The molecular formula is C29H37N5O5. The van der Waals surface area contributed by atoms with Crippen molar-refractivity contribution in [2.45, 2.75) is 78.1 Å². The van der Waals surface area contributed by atoms with E-state index in [9.17, 15) is 24.4 Å². The number of nitrogens with zero attached hydrogens (tertiary/aromatic N) is 2. The number of rotatable bonds is 7. The Kier molecular flexibility index (Phi) is 6.60. The van der Waals surface area contributed by atoms with Crippen molar-refractivity contribution in [1.29, 1.82) is 5.26 Å². The van der Waals surface area contributed by atoms with Crippen molar-refractivity contribution in [3.63, 3.8) is 0 Å². The first-order valence-corrected chi connectivity index (χ1v) is 13.7. The highest BCUT2D eigenvalue weighted by molar-refractivity contribution is 5.98. The third-order valence-electron chi connectivity index (χ3n) is 8.74. The largest absolute Gasteiger partial charge is 0.478 e. The minimum absolute atomic E-state index is 0.0391. The Hall–Kier alpha value is -3.61. The topological polar surface area (TPSA) is 141 Å². The highest BCUT2D eigenvalue weighted by atomic mass is 16.5. The van der Waals surface area contributed by atoms with Gasteiger partial charge in [-0.15, -0.1) is 0 Å². The molecule has 0 spiro atoms. The van der Waals surface area contributed by atoms with Gasteiger partial charge in [0.25, 0.3) is 5.91 Å². The first-order chi connectivity index (χ1) is 18.3. The molecule has 10 heteroatoms. The van der Waals surface area contributed by atoms with Crippen LogP contribution in [0.25, 0.3) is 0 Å². The maximum absolute atomic E-state index is 13.9. The predicted octanol–water partition coefficient (Wildman–Crippen LogP) is 2.21. The number of nitriles is 1. The summed E-state index contributed by atoms with van der Waals surface area (Å²) < 4.78 is 5.82. The molecule has 0 bridgehead atoms. The van der Waals surface area contributed by atoms with Gasteiger partial charge in [0.05, 0.1) is 11.8 Å². The van der Waals surface area contributed by atoms with Gasteiger partial charge in [0.2, 0.25) is 17.7 Å². The van der Waals surface area contributed by atoms with Gasteiger partial charge in [-0.05, 0) is 47.6 Å². The summed E-state index contributed by atoms with van der Waals surface area (Å²) in [4.78, 5) is 54.4. The molecule has 208 valence electrons. The summed E-state index contributed by atoms with van der Waals surface area (Å²) in [5.74, 6) is -0.653. The lowest BCUT2D eigenvalue weighted by Gasteiger charge is -2.38. The molecule has 39 heavy (non-hydrogen) atoms. The first kappa shape index (κ1) is 27.0. The number of carbonyl (C=O) groups is 4. The SMILES string of the molecule is CC(C)(C)[C@H](NC(=O)C1CC1)C(=O)N1C[C@H]2[C@@H]([C@H]1C(=O)N[C@H](C#N)C[C@@H]1Oc3ccccc3NC1=O)C2(C)C. The van der Waals surface area contributed by atoms with Crippen molar-refractivity contribution in [3.05, 3.63) is 24.3 Å².